The molecule has 68 valence electrons. The highest BCUT2D eigenvalue weighted by molar-refractivity contribution is 6.83. The van der Waals surface area contributed by atoms with E-state index >= 15 is 0 Å². The van der Waals surface area contributed by atoms with Crippen LogP contribution in [0.3, 0.4) is 0 Å². The Kier molecular flexibility index (Phi) is 4.95. The van der Waals surface area contributed by atoms with Gasteiger partial charge in [0.25, 0.3) is 0 Å². The van der Waals surface area contributed by atoms with E-state index in [1.807, 2.05) is 19.1 Å². The Balaban J connectivity index is 3.95. The maximum atomic E-state index is 9.34. The molecule has 0 aromatic rings. The van der Waals surface area contributed by atoms with E-state index in [0.717, 1.165) is 0 Å². The smallest absolute Gasteiger partial charge is 0.129 e. The van der Waals surface area contributed by atoms with Crippen molar-refractivity contribution in [2.45, 2.75) is 39.1 Å². The Morgan fingerprint density at radius 3 is 2.42 bits per heavy atom. The minimum Gasteiger partial charge on any atom is -0.380 e. The Hall–Kier alpha value is -0.523. The monoisotopic (exact) mass is 182 g/mol. The number of aliphatic hydroxyl groups excluding tert-OH is 1. The van der Waals surface area contributed by atoms with Crippen molar-refractivity contribution in [3.63, 3.8) is 0 Å². The molecule has 0 heterocycles. The predicted molar refractivity (Wildman–Crippen MR) is 56.6 cm³/mol. The van der Waals surface area contributed by atoms with Crippen molar-refractivity contribution < 1.29 is 5.11 Å². The quantitative estimate of drug-likeness (QED) is 0.394. The molecule has 0 aliphatic rings. The Bertz CT molecular complexity index is 202. The van der Waals surface area contributed by atoms with Crippen molar-refractivity contribution in [3.8, 4) is 11.5 Å². The molecule has 1 N–H and O–H groups in total. The summed E-state index contributed by atoms with van der Waals surface area (Å²) in [5.74, 6) is 2.87. The fourth-order valence-corrected chi connectivity index (χ4v) is 1.22. The minimum absolute atomic E-state index is 0.479. The van der Waals surface area contributed by atoms with Gasteiger partial charge in [0, 0.05) is 6.42 Å². The van der Waals surface area contributed by atoms with Gasteiger partial charge in [-0.1, -0.05) is 37.7 Å². The van der Waals surface area contributed by atoms with Crippen LogP contribution in [0.2, 0.25) is 19.6 Å². The zero-order valence-corrected chi connectivity index (χ0v) is 9.39. The lowest BCUT2D eigenvalue weighted by atomic mass is 10.2. The molecular weight excluding hydrogens is 164 g/mol. The second-order valence-corrected chi connectivity index (χ2v) is 8.59. The normalized spacial score (nSPS) is 14.1. The number of hydrogen-bond acceptors (Lipinski definition) is 1. The molecule has 2 heteroatoms. The molecule has 1 atom stereocenters. The standard InChI is InChI=1S/C10H18OSi/c1-5-6-7-10(11)8-9-12(2,3)4/h5-6,10-11H,7H2,1-4H3/b6-5-. The molecule has 0 aliphatic heterocycles. The molecule has 0 spiro atoms. The topological polar surface area (TPSA) is 20.2 Å². The van der Waals surface area contributed by atoms with E-state index in [4.69, 9.17) is 0 Å². The van der Waals surface area contributed by atoms with Crippen molar-refractivity contribution in [2.24, 2.45) is 0 Å². The Labute approximate surface area is 76.5 Å². The summed E-state index contributed by atoms with van der Waals surface area (Å²) < 4.78 is 0. The van der Waals surface area contributed by atoms with E-state index in [1.54, 1.807) is 0 Å². The molecule has 0 rings (SSSR count). The van der Waals surface area contributed by atoms with Crippen LogP contribution in [-0.2, 0) is 0 Å². The zero-order chi connectivity index (χ0) is 9.61. The average Bonchev–Trinajstić information content (AvgIpc) is 1.95. The van der Waals surface area contributed by atoms with Crippen LogP contribution in [0, 0.1) is 11.5 Å². The van der Waals surface area contributed by atoms with E-state index in [0.29, 0.717) is 6.42 Å². The highest BCUT2D eigenvalue weighted by atomic mass is 28.3. The SMILES string of the molecule is C/C=C\CC(O)C#C[Si](C)(C)C. The van der Waals surface area contributed by atoms with Gasteiger partial charge in [0.1, 0.15) is 14.2 Å². The second kappa shape index (κ2) is 5.18. The van der Waals surface area contributed by atoms with E-state index in [9.17, 15) is 5.11 Å². The molecule has 0 bridgehead atoms. The third-order valence-corrected chi connectivity index (χ3v) is 2.10. The number of rotatable bonds is 2. The molecular formula is C10H18OSi. The van der Waals surface area contributed by atoms with Crippen molar-refractivity contribution in [1.82, 2.24) is 0 Å². The maximum absolute atomic E-state index is 9.34. The first kappa shape index (κ1) is 11.5. The Morgan fingerprint density at radius 1 is 1.42 bits per heavy atom. The number of aliphatic hydroxyl groups is 1. The van der Waals surface area contributed by atoms with Crippen LogP contribution in [0.15, 0.2) is 12.2 Å². The van der Waals surface area contributed by atoms with Gasteiger partial charge in [-0.05, 0) is 6.92 Å². The summed E-state index contributed by atoms with van der Waals surface area (Å²) in [6.45, 7) is 8.45. The summed E-state index contributed by atoms with van der Waals surface area (Å²) in [5.41, 5.74) is 3.14. The lowest BCUT2D eigenvalue weighted by Gasteiger charge is -2.04. The van der Waals surface area contributed by atoms with Crippen LogP contribution in [0.1, 0.15) is 13.3 Å². The van der Waals surface area contributed by atoms with E-state index in [-0.39, 0.29) is 0 Å². The van der Waals surface area contributed by atoms with Gasteiger partial charge >= 0.3 is 0 Å². The summed E-state index contributed by atoms with van der Waals surface area (Å²) >= 11 is 0. The summed E-state index contributed by atoms with van der Waals surface area (Å²) in [6, 6.07) is 0. The van der Waals surface area contributed by atoms with Crippen molar-refractivity contribution in [2.75, 3.05) is 0 Å². The lowest BCUT2D eigenvalue weighted by Crippen LogP contribution is -2.17. The molecule has 12 heavy (non-hydrogen) atoms. The van der Waals surface area contributed by atoms with Gasteiger partial charge in [-0.15, -0.1) is 5.54 Å². The number of hydrogen-bond donors (Lipinski definition) is 1. The molecule has 0 aromatic heterocycles. The predicted octanol–water partition coefficient (Wildman–Crippen LogP) is 2.19. The van der Waals surface area contributed by atoms with Crippen molar-refractivity contribution >= 4 is 8.07 Å². The lowest BCUT2D eigenvalue weighted by molar-refractivity contribution is 0.236. The minimum atomic E-state index is -1.30. The van der Waals surface area contributed by atoms with E-state index < -0.39 is 14.2 Å². The van der Waals surface area contributed by atoms with Crippen LogP contribution >= 0.6 is 0 Å². The fourth-order valence-electron chi connectivity index (χ4n) is 0.624. The van der Waals surface area contributed by atoms with E-state index in [1.165, 1.54) is 0 Å². The summed E-state index contributed by atoms with van der Waals surface area (Å²) in [6.07, 6.45) is 4.03. The van der Waals surface area contributed by atoms with Crippen molar-refractivity contribution in [3.05, 3.63) is 12.2 Å². The van der Waals surface area contributed by atoms with Gasteiger partial charge in [-0.3, -0.25) is 0 Å². The fraction of sp³-hybridized carbons (Fsp3) is 0.600. The first-order valence-corrected chi connectivity index (χ1v) is 7.77. The first-order valence-electron chi connectivity index (χ1n) is 4.27. The summed E-state index contributed by atoms with van der Waals surface area (Å²) in [4.78, 5) is 0. The molecule has 0 aromatic carbocycles. The van der Waals surface area contributed by atoms with Crippen LogP contribution in [-0.4, -0.2) is 19.3 Å². The third-order valence-electron chi connectivity index (χ3n) is 1.21. The van der Waals surface area contributed by atoms with Gasteiger partial charge < -0.3 is 5.11 Å². The van der Waals surface area contributed by atoms with Crippen molar-refractivity contribution in [1.29, 1.82) is 0 Å². The molecule has 0 radical (unpaired) electrons. The third kappa shape index (κ3) is 7.58. The van der Waals surface area contributed by atoms with Gasteiger partial charge in [0.05, 0.1) is 0 Å². The molecule has 0 aliphatic carbocycles. The molecule has 0 amide bonds. The average molecular weight is 182 g/mol. The first-order chi connectivity index (χ1) is 5.45. The van der Waals surface area contributed by atoms with Crippen LogP contribution in [0.5, 0.6) is 0 Å². The molecule has 1 unspecified atom stereocenters. The van der Waals surface area contributed by atoms with Gasteiger partial charge in [0.15, 0.2) is 0 Å². The van der Waals surface area contributed by atoms with Gasteiger partial charge in [0.2, 0.25) is 0 Å². The van der Waals surface area contributed by atoms with Gasteiger partial charge in [-0.25, -0.2) is 0 Å². The molecule has 0 fully saturated rings. The van der Waals surface area contributed by atoms with Crippen LogP contribution in [0.25, 0.3) is 0 Å². The zero-order valence-electron chi connectivity index (χ0n) is 8.39. The van der Waals surface area contributed by atoms with E-state index in [2.05, 4.69) is 31.1 Å². The Morgan fingerprint density at radius 2 is 2.00 bits per heavy atom. The van der Waals surface area contributed by atoms with Gasteiger partial charge in [-0.2, -0.15) is 0 Å². The highest BCUT2D eigenvalue weighted by Gasteiger charge is 2.08. The molecule has 0 saturated carbocycles. The maximum Gasteiger partial charge on any atom is 0.129 e. The van der Waals surface area contributed by atoms with Crippen LogP contribution < -0.4 is 0 Å². The van der Waals surface area contributed by atoms with Crippen LogP contribution in [0.4, 0.5) is 0 Å². The summed E-state index contributed by atoms with van der Waals surface area (Å²) in [7, 11) is -1.30. The second-order valence-electron chi connectivity index (χ2n) is 3.84. The summed E-state index contributed by atoms with van der Waals surface area (Å²) in [5, 5.41) is 9.34. The molecule has 0 saturated heterocycles. The highest BCUT2D eigenvalue weighted by Crippen LogP contribution is 1.98. The molecule has 1 nitrogen and oxygen atoms in total. The largest absolute Gasteiger partial charge is 0.380 e. The number of allylic oxidation sites excluding steroid dienone is 1.